The van der Waals surface area contributed by atoms with Crippen molar-refractivity contribution in [2.24, 2.45) is 5.41 Å². The number of benzene rings is 1. The van der Waals surface area contributed by atoms with Crippen LogP contribution in [-0.2, 0) is 9.31 Å². The maximum absolute atomic E-state index is 8.76. The molecule has 5 heteroatoms. The molecule has 0 amide bonds. The molecule has 1 aliphatic heterocycles. The Bertz CT molecular complexity index is 458. The number of hydrogen-bond donors (Lipinski definition) is 1. The molecule has 0 aromatic heterocycles. The fraction of sp³-hybridized carbons (Fsp3) is 0.417. The highest BCUT2D eigenvalue weighted by molar-refractivity contribution is 6.63. The first-order chi connectivity index (χ1) is 8.02. The standard InChI is InChI=1S/C12H15BN2O2/c1-12(2)7-16-13(17-8-12)10-4-3-9(6-14)5-11(10)15/h3-5H,7-8,15H2,1-2H3. The number of nitrogens with two attached hydrogens (primary N) is 1. The van der Waals surface area contributed by atoms with E-state index < -0.39 is 7.12 Å². The number of nitriles is 1. The number of anilines is 1. The van der Waals surface area contributed by atoms with E-state index in [4.69, 9.17) is 20.3 Å². The van der Waals surface area contributed by atoms with Gasteiger partial charge in [-0.05, 0) is 12.1 Å². The van der Waals surface area contributed by atoms with E-state index in [2.05, 4.69) is 13.8 Å². The maximum Gasteiger partial charge on any atom is 0.496 e. The molecule has 88 valence electrons. The average molecular weight is 230 g/mol. The van der Waals surface area contributed by atoms with Gasteiger partial charge in [-0.1, -0.05) is 19.9 Å². The second kappa shape index (κ2) is 4.40. The lowest BCUT2D eigenvalue weighted by Crippen LogP contribution is -2.48. The van der Waals surface area contributed by atoms with Gasteiger partial charge in [-0.3, -0.25) is 0 Å². The van der Waals surface area contributed by atoms with Crippen molar-refractivity contribution in [1.82, 2.24) is 0 Å². The Kier molecular flexibility index (Phi) is 3.10. The van der Waals surface area contributed by atoms with Gasteiger partial charge in [0.2, 0.25) is 0 Å². The van der Waals surface area contributed by atoms with Crippen molar-refractivity contribution in [2.75, 3.05) is 18.9 Å². The maximum atomic E-state index is 8.76. The highest BCUT2D eigenvalue weighted by atomic mass is 16.6. The predicted molar refractivity (Wildman–Crippen MR) is 66.6 cm³/mol. The van der Waals surface area contributed by atoms with E-state index in [1.165, 1.54) is 0 Å². The van der Waals surface area contributed by atoms with Gasteiger partial charge >= 0.3 is 7.12 Å². The molecule has 2 rings (SSSR count). The minimum absolute atomic E-state index is 0.0395. The van der Waals surface area contributed by atoms with Gasteiger partial charge in [-0.15, -0.1) is 0 Å². The molecule has 1 heterocycles. The van der Waals surface area contributed by atoms with E-state index in [1.54, 1.807) is 18.2 Å². The summed E-state index contributed by atoms with van der Waals surface area (Å²) < 4.78 is 11.3. The van der Waals surface area contributed by atoms with E-state index >= 15 is 0 Å². The van der Waals surface area contributed by atoms with Crippen molar-refractivity contribution >= 4 is 18.3 Å². The molecule has 1 aromatic carbocycles. The lowest BCUT2D eigenvalue weighted by atomic mass is 9.74. The molecule has 1 aliphatic rings. The summed E-state index contributed by atoms with van der Waals surface area (Å²) in [6, 6.07) is 7.20. The second-order valence-electron chi connectivity index (χ2n) is 5.07. The second-order valence-corrected chi connectivity index (χ2v) is 5.07. The third-order valence-corrected chi connectivity index (χ3v) is 2.72. The molecule has 0 bridgehead atoms. The van der Waals surface area contributed by atoms with Crippen LogP contribution in [-0.4, -0.2) is 20.3 Å². The summed E-state index contributed by atoms with van der Waals surface area (Å²) in [6.07, 6.45) is 0. The number of hydrogen-bond acceptors (Lipinski definition) is 4. The molecule has 4 nitrogen and oxygen atoms in total. The number of rotatable bonds is 1. The van der Waals surface area contributed by atoms with E-state index in [0.717, 1.165) is 5.46 Å². The van der Waals surface area contributed by atoms with Crippen LogP contribution in [0.15, 0.2) is 18.2 Å². The highest BCUT2D eigenvalue weighted by Crippen LogP contribution is 2.22. The summed E-state index contributed by atoms with van der Waals surface area (Å²) in [7, 11) is -0.421. The fourth-order valence-electron chi connectivity index (χ4n) is 1.73. The molecule has 1 saturated heterocycles. The van der Waals surface area contributed by atoms with Gasteiger partial charge in [0, 0.05) is 29.8 Å². The summed E-state index contributed by atoms with van der Waals surface area (Å²) in [5, 5.41) is 8.76. The zero-order valence-corrected chi connectivity index (χ0v) is 10.1. The molecular weight excluding hydrogens is 215 g/mol. The fourth-order valence-corrected chi connectivity index (χ4v) is 1.73. The van der Waals surface area contributed by atoms with Crippen LogP contribution in [0, 0.1) is 16.7 Å². The summed E-state index contributed by atoms with van der Waals surface area (Å²) in [4.78, 5) is 0. The zero-order chi connectivity index (χ0) is 12.5. The van der Waals surface area contributed by atoms with Gasteiger partial charge in [0.1, 0.15) is 0 Å². The summed E-state index contributed by atoms with van der Waals surface area (Å²) in [6.45, 7) is 5.45. The predicted octanol–water partition coefficient (Wildman–Crippen LogP) is 0.909. The molecule has 0 aliphatic carbocycles. The van der Waals surface area contributed by atoms with E-state index in [9.17, 15) is 0 Å². The van der Waals surface area contributed by atoms with Crippen LogP contribution < -0.4 is 11.2 Å². The molecule has 2 N–H and O–H groups in total. The summed E-state index contributed by atoms with van der Waals surface area (Å²) >= 11 is 0. The van der Waals surface area contributed by atoms with E-state index in [0.29, 0.717) is 24.5 Å². The lowest BCUT2D eigenvalue weighted by Gasteiger charge is -2.33. The van der Waals surface area contributed by atoms with Gasteiger partial charge in [0.05, 0.1) is 11.6 Å². The van der Waals surface area contributed by atoms with Crippen molar-refractivity contribution in [3.63, 3.8) is 0 Å². The summed E-state index contributed by atoms with van der Waals surface area (Å²) in [5.41, 5.74) is 7.79. The Morgan fingerprint density at radius 1 is 1.35 bits per heavy atom. The average Bonchev–Trinajstić information content (AvgIpc) is 2.29. The van der Waals surface area contributed by atoms with Gasteiger partial charge in [0.15, 0.2) is 0 Å². The molecule has 0 saturated carbocycles. The molecule has 0 unspecified atom stereocenters. The Labute approximate surface area is 101 Å². The molecule has 17 heavy (non-hydrogen) atoms. The van der Waals surface area contributed by atoms with Gasteiger partial charge in [-0.2, -0.15) is 5.26 Å². The molecule has 0 radical (unpaired) electrons. The third kappa shape index (κ3) is 2.60. The Morgan fingerprint density at radius 3 is 2.53 bits per heavy atom. The van der Waals surface area contributed by atoms with Crippen molar-refractivity contribution in [2.45, 2.75) is 13.8 Å². The number of nitrogen functional groups attached to an aromatic ring is 1. The van der Waals surface area contributed by atoms with Crippen LogP contribution in [0.25, 0.3) is 0 Å². The molecule has 0 spiro atoms. The normalized spacial score (nSPS) is 18.8. The van der Waals surface area contributed by atoms with Gasteiger partial charge < -0.3 is 15.0 Å². The van der Waals surface area contributed by atoms with Crippen LogP contribution in [0.4, 0.5) is 5.69 Å². The minimum Gasteiger partial charge on any atom is -0.407 e. The lowest BCUT2D eigenvalue weighted by molar-refractivity contribution is 0.0344. The Balaban J connectivity index is 2.17. The first kappa shape index (κ1) is 12.0. The molecule has 0 atom stereocenters. The van der Waals surface area contributed by atoms with Gasteiger partial charge in [0.25, 0.3) is 0 Å². The van der Waals surface area contributed by atoms with Gasteiger partial charge in [-0.25, -0.2) is 0 Å². The largest absolute Gasteiger partial charge is 0.496 e. The Morgan fingerprint density at radius 2 is 2.00 bits per heavy atom. The van der Waals surface area contributed by atoms with Crippen LogP contribution in [0.3, 0.4) is 0 Å². The van der Waals surface area contributed by atoms with Crippen molar-refractivity contribution in [1.29, 1.82) is 5.26 Å². The van der Waals surface area contributed by atoms with Crippen LogP contribution >= 0.6 is 0 Å². The van der Waals surface area contributed by atoms with Crippen molar-refractivity contribution < 1.29 is 9.31 Å². The van der Waals surface area contributed by atoms with Crippen molar-refractivity contribution in [3.8, 4) is 6.07 Å². The Hall–Kier alpha value is -1.51. The molecule has 1 fully saturated rings. The van der Waals surface area contributed by atoms with Crippen LogP contribution in [0.2, 0.25) is 0 Å². The van der Waals surface area contributed by atoms with E-state index in [-0.39, 0.29) is 5.41 Å². The first-order valence-electron chi connectivity index (χ1n) is 5.54. The smallest absolute Gasteiger partial charge is 0.407 e. The first-order valence-corrected chi connectivity index (χ1v) is 5.54. The van der Waals surface area contributed by atoms with Crippen LogP contribution in [0.1, 0.15) is 19.4 Å². The molecular formula is C12H15BN2O2. The van der Waals surface area contributed by atoms with Crippen LogP contribution in [0.5, 0.6) is 0 Å². The highest BCUT2D eigenvalue weighted by Gasteiger charge is 2.34. The SMILES string of the molecule is CC1(C)COB(c2ccc(C#N)cc2N)OC1. The number of nitrogens with zero attached hydrogens (tertiary/aromatic N) is 1. The third-order valence-electron chi connectivity index (χ3n) is 2.72. The summed E-state index contributed by atoms with van der Waals surface area (Å²) in [5.74, 6) is 0. The zero-order valence-electron chi connectivity index (χ0n) is 10.1. The minimum atomic E-state index is -0.421. The van der Waals surface area contributed by atoms with E-state index in [1.807, 2.05) is 6.07 Å². The quantitative estimate of drug-likeness (QED) is 0.575. The van der Waals surface area contributed by atoms with Crippen molar-refractivity contribution in [3.05, 3.63) is 23.8 Å². The topological polar surface area (TPSA) is 68.3 Å². The molecule has 1 aromatic rings. The monoisotopic (exact) mass is 230 g/mol.